The van der Waals surface area contributed by atoms with Crippen molar-refractivity contribution in [2.24, 2.45) is 0 Å². The average molecular weight is 377 g/mol. The summed E-state index contributed by atoms with van der Waals surface area (Å²) in [7, 11) is 0. The van der Waals surface area contributed by atoms with Crippen LogP contribution in [0.1, 0.15) is 18.1 Å². The zero-order chi connectivity index (χ0) is 19.4. The monoisotopic (exact) mass is 377 g/mol. The summed E-state index contributed by atoms with van der Waals surface area (Å²) in [5.74, 6) is 0.369. The van der Waals surface area contributed by atoms with E-state index in [4.69, 9.17) is 5.11 Å². The van der Waals surface area contributed by atoms with Crippen LogP contribution in [0.3, 0.4) is 0 Å². The van der Waals surface area contributed by atoms with Crippen molar-refractivity contribution in [1.82, 2.24) is 20.2 Å². The molecule has 0 amide bonds. The summed E-state index contributed by atoms with van der Waals surface area (Å²) in [6.45, 7) is 2.13. The molecule has 0 spiro atoms. The summed E-state index contributed by atoms with van der Waals surface area (Å²) in [4.78, 5) is 1.29. The van der Waals surface area contributed by atoms with Gasteiger partial charge in [0.25, 0.3) is 0 Å². The second-order valence-electron chi connectivity index (χ2n) is 5.87. The van der Waals surface area contributed by atoms with Gasteiger partial charge in [-0.1, -0.05) is 13.0 Å². The maximum atomic E-state index is 12.7. The lowest BCUT2D eigenvalue weighted by molar-refractivity contribution is -0.137. The number of rotatable bonds is 6. The zero-order valence-corrected chi connectivity index (χ0v) is 14.5. The molecule has 0 aliphatic heterocycles. The summed E-state index contributed by atoms with van der Waals surface area (Å²) < 4.78 is 38.1. The molecule has 0 fully saturated rings. The number of hydrogen-bond donors (Lipinski definition) is 2. The van der Waals surface area contributed by atoms with Crippen LogP contribution in [0.25, 0.3) is 11.4 Å². The first-order valence-electron chi connectivity index (χ1n) is 8.37. The van der Waals surface area contributed by atoms with Crippen LogP contribution < -0.4 is 5.32 Å². The van der Waals surface area contributed by atoms with E-state index in [0.29, 0.717) is 22.8 Å². The van der Waals surface area contributed by atoms with Crippen molar-refractivity contribution in [3.05, 3.63) is 53.6 Å². The van der Waals surface area contributed by atoms with Gasteiger partial charge in [-0.3, -0.25) is 0 Å². The van der Waals surface area contributed by atoms with Gasteiger partial charge in [0.1, 0.15) is 0 Å². The molecule has 0 saturated carbocycles. The van der Waals surface area contributed by atoms with Crippen LogP contribution in [-0.4, -0.2) is 31.9 Å². The van der Waals surface area contributed by atoms with Crippen molar-refractivity contribution >= 4 is 11.4 Å². The average Bonchev–Trinajstić information content (AvgIpc) is 3.10. The van der Waals surface area contributed by atoms with Crippen molar-refractivity contribution in [3.63, 3.8) is 0 Å². The third-order valence-electron chi connectivity index (χ3n) is 3.98. The Morgan fingerprint density at radius 3 is 2.48 bits per heavy atom. The normalized spacial score (nSPS) is 11.6. The molecule has 0 radical (unpaired) electrons. The summed E-state index contributed by atoms with van der Waals surface area (Å²) in [5, 5.41) is 24.2. The molecule has 9 heteroatoms. The Morgan fingerprint density at radius 1 is 1.11 bits per heavy atom. The molecule has 2 N–H and O–H groups in total. The minimum absolute atomic E-state index is 0.110. The highest BCUT2D eigenvalue weighted by molar-refractivity contribution is 5.78. The highest BCUT2D eigenvalue weighted by Crippen LogP contribution is 2.32. The molecule has 142 valence electrons. The number of aryl methyl sites for hydroxylation is 1. The third kappa shape index (κ3) is 4.43. The fourth-order valence-electron chi connectivity index (χ4n) is 2.54. The number of halogens is 3. The number of nitrogens with one attached hydrogen (secondary N) is 1. The smallest absolute Gasteiger partial charge is 0.394 e. The van der Waals surface area contributed by atoms with Gasteiger partial charge in [-0.05, 0) is 53.6 Å². The maximum Gasteiger partial charge on any atom is 0.416 e. The first-order valence-corrected chi connectivity index (χ1v) is 8.37. The molecule has 3 rings (SSSR count). The first-order chi connectivity index (χ1) is 12.9. The minimum atomic E-state index is -4.37. The first kappa shape index (κ1) is 18.8. The largest absolute Gasteiger partial charge is 0.416 e. The van der Waals surface area contributed by atoms with Crippen LogP contribution in [0.5, 0.6) is 0 Å². The molecular formula is C18H18F3N5O. The van der Waals surface area contributed by atoms with Gasteiger partial charge in [-0.15, -0.1) is 10.2 Å². The van der Waals surface area contributed by atoms with Gasteiger partial charge < -0.3 is 10.4 Å². The molecule has 27 heavy (non-hydrogen) atoms. The summed E-state index contributed by atoms with van der Waals surface area (Å²) in [5.41, 5.74) is 2.19. The van der Waals surface area contributed by atoms with Crippen LogP contribution in [0, 0.1) is 0 Å². The number of anilines is 2. The fourth-order valence-corrected chi connectivity index (χ4v) is 2.54. The van der Waals surface area contributed by atoms with Gasteiger partial charge >= 0.3 is 6.18 Å². The van der Waals surface area contributed by atoms with Gasteiger partial charge in [0.15, 0.2) is 0 Å². The van der Waals surface area contributed by atoms with Gasteiger partial charge in [0.05, 0.1) is 18.7 Å². The molecule has 0 unspecified atom stereocenters. The molecule has 0 saturated heterocycles. The number of aromatic nitrogens is 4. The van der Waals surface area contributed by atoms with E-state index in [1.165, 1.54) is 16.9 Å². The Balaban J connectivity index is 1.92. The molecule has 0 aliphatic rings. The van der Waals surface area contributed by atoms with E-state index in [1.807, 2.05) is 25.1 Å². The Kier molecular flexibility index (Phi) is 5.41. The molecule has 0 aliphatic carbocycles. The fraction of sp³-hybridized carbons (Fsp3) is 0.278. The van der Waals surface area contributed by atoms with Crippen LogP contribution in [0.15, 0.2) is 42.5 Å². The van der Waals surface area contributed by atoms with Crippen LogP contribution in [-0.2, 0) is 19.1 Å². The Hall–Kier alpha value is -2.94. The Bertz CT molecular complexity index is 906. The highest BCUT2D eigenvalue weighted by atomic mass is 19.4. The second-order valence-corrected chi connectivity index (χ2v) is 5.87. The highest BCUT2D eigenvalue weighted by Gasteiger charge is 2.29. The topological polar surface area (TPSA) is 75.9 Å². The molecule has 0 atom stereocenters. The molecule has 3 aromatic rings. The molecule has 2 aromatic carbocycles. The zero-order valence-electron chi connectivity index (χ0n) is 14.5. The summed E-state index contributed by atoms with van der Waals surface area (Å²) in [6.07, 6.45) is -3.57. The van der Waals surface area contributed by atoms with Crippen molar-refractivity contribution < 1.29 is 18.3 Å². The van der Waals surface area contributed by atoms with Crippen molar-refractivity contribution in [2.75, 3.05) is 11.9 Å². The molecular weight excluding hydrogens is 359 g/mol. The van der Waals surface area contributed by atoms with E-state index in [1.54, 1.807) is 0 Å². The maximum absolute atomic E-state index is 12.7. The standard InChI is InChI=1S/C18H18F3N5O/c1-2-12-3-8-16(15(11-12)17-23-25-26(24-17)9-10-27)22-14-6-4-13(5-7-14)18(19,20)21/h3-8,11,22,27H,2,9-10H2,1H3. The molecule has 1 heterocycles. The number of tetrazole rings is 1. The molecule has 6 nitrogen and oxygen atoms in total. The predicted molar refractivity (Wildman–Crippen MR) is 94.4 cm³/mol. The lowest BCUT2D eigenvalue weighted by Crippen LogP contribution is -2.06. The van der Waals surface area contributed by atoms with Crippen molar-refractivity contribution in [1.29, 1.82) is 0 Å². The van der Waals surface area contributed by atoms with Crippen LogP contribution in [0.2, 0.25) is 0 Å². The Morgan fingerprint density at radius 2 is 1.85 bits per heavy atom. The van der Waals surface area contributed by atoms with E-state index in [2.05, 4.69) is 20.7 Å². The number of alkyl halides is 3. The summed E-state index contributed by atoms with van der Waals surface area (Å²) >= 11 is 0. The predicted octanol–water partition coefficient (Wildman–Crippen LogP) is 3.66. The SMILES string of the molecule is CCc1ccc(Nc2ccc(C(F)(F)F)cc2)c(-c2nnn(CCO)n2)c1. The lowest BCUT2D eigenvalue weighted by atomic mass is 10.1. The third-order valence-corrected chi connectivity index (χ3v) is 3.98. The molecule has 0 bridgehead atoms. The van der Waals surface area contributed by atoms with Gasteiger partial charge in [0.2, 0.25) is 5.82 Å². The molecule has 1 aromatic heterocycles. The van der Waals surface area contributed by atoms with E-state index < -0.39 is 11.7 Å². The number of benzene rings is 2. The second kappa shape index (κ2) is 7.75. The van der Waals surface area contributed by atoms with Crippen LogP contribution in [0.4, 0.5) is 24.5 Å². The van der Waals surface area contributed by atoms with E-state index >= 15 is 0 Å². The van der Waals surface area contributed by atoms with Crippen molar-refractivity contribution in [3.8, 4) is 11.4 Å². The van der Waals surface area contributed by atoms with Crippen LogP contribution >= 0.6 is 0 Å². The Labute approximate surface area is 153 Å². The van der Waals surface area contributed by atoms with E-state index in [-0.39, 0.29) is 13.2 Å². The quantitative estimate of drug-likeness (QED) is 0.686. The number of nitrogens with zero attached hydrogens (tertiary/aromatic N) is 4. The summed E-state index contributed by atoms with van der Waals surface area (Å²) in [6, 6.07) is 10.5. The van der Waals surface area contributed by atoms with Gasteiger partial charge in [0, 0.05) is 16.9 Å². The number of aliphatic hydroxyl groups excluding tert-OH is 1. The van der Waals surface area contributed by atoms with E-state index in [0.717, 1.165) is 24.1 Å². The van der Waals surface area contributed by atoms with Crippen molar-refractivity contribution in [2.45, 2.75) is 26.1 Å². The van der Waals surface area contributed by atoms with Gasteiger partial charge in [-0.25, -0.2) is 0 Å². The number of aliphatic hydroxyl groups is 1. The van der Waals surface area contributed by atoms with Gasteiger partial charge in [-0.2, -0.15) is 18.0 Å². The minimum Gasteiger partial charge on any atom is -0.394 e. The lowest BCUT2D eigenvalue weighted by Gasteiger charge is -2.13. The van der Waals surface area contributed by atoms with E-state index in [9.17, 15) is 13.2 Å². The number of hydrogen-bond acceptors (Lipinski definition) is 5.